The zero-order valence-corrected chi connectivity index (χ0v) is 15.1. The van der Waals surface area contributed by atoms with Crippen molar-refractivity contribution in [3.63, 3.8) is 0 Å². The first kappa shape index (κ1) is 17.4. The van der Waals surface area contributed by atoms with Crippen LogP contribution in [0.1, 0.15) is 41.6 Å². The maximum atomic E-state index is 12.6. The maximum absolute atomic E-state index is 12.6. The second-order valence-electron chi connectivity index (χ2n) is 7.03. The molecule has 1 saturated carbocycles. The van der Waals surface area contributed by atoms with Gasteiger partial charge in [-0.25, -0.2) is 8.42 Å². The number of carbonyl (C=O) groups excluding carboxylic acids is 1. The molecule has 0 N–H and O–H groups in total. The van der Waals surface area contributed by atoms with E-state index >= 15 is 0 Å². The van der Waals surface area contributed by atoms with Crippen molar-refractivity contribution in [2.24, 2.45) is 0 Å². The van der Waals surface area contributed by atoms with E-state index in [1.165, 1.54) is 31.9 Å². The molecule has 1 heterocycles. The summed E-state index contributed by atoms with van der Waals surface area (Å²) in [5, 5.41) is 0. The Bertz CT molecular complexity index is 671. The average molecular weight is 350 g/mol. The van der Waals surface area contributed by atoms with Crippen LogP contribution in [0.2, 0.25) is 0 Å². The van der Waals surface area contributed by atoms with Crippen molar-refractivity contribution >= 4 is 15.7 Å². The van der Waals surface area contributed by atoms with Crippen LogP contribution in [0.4, 0.5) is 0 Å². The van der Waals surface area contributed by atoms with Crippen molar-refractivity contribution in [2.75, 3.05) is 32.4 Å². The van der Waals surface area contributed by atoms with E-state index in [1.807, 2.05) is 4.90 Å². The summed E-state index contributed by atoms with van der Waals surface area (Å²) >= 11 is 0. The highest BCUT2D eigenvalue weighted by molar-refractivity contribution is 7.89. The number of carbonyl (C=O) groups is 1. The molecule has 6 heteroatoms. The quantitative estimate of drug-likeness (QED) is 0.833. The molecule has 1 aliphatic carbocycles. The summed E-state index contributed by atoms with van der Waals surface area (Å²) in [4.78, 5) is 17.1. The van der Waals surface area contributed by atoms with Gasteiger partial charge in [0.2, 0.25) is 0 Å². The molecule has 1 aliphatic heterocycles. The van der Waals surface area contributed by atoms with E-state index in [4.69, 9.17) is 0 Å². The predicted octanol–water partition coefficient (Wildman–Crippen LogP) is 1.93. The van der Waals surface area contributed by atoms with E-state index in [0.717, 1.165) is 37.8 Å². The van der Waals surface area contributed by atoms with Gasteiger partial charge in [-0.1, -0.05) is 25.0 Å². The molecule has 1 aromatic rings. The summed E-state index contributed by atoms with van der Waals surface area (Å²) in [6.07, 6.45) is 6.49. The number of hydrogen-bond acceptors (Lipinski definition) is 4. The first-order chi connectivity index (χ1) is 11.4. The number of amides is 1. The van der Waals surface area contributed by atoms with E-state index in [0.29, 0.717) is 5.56 Å². The number of nitrogens with zero attached hydrogens (tertiary/aromatic N) is 2. The van der Waals surface area contributed by atoms with Gasteiger partial charge in [-0.3, -0.25) is 9.69 Å². The smallest absolute Gasteiger partial charge is 0.253 e. The van der Waals surface area contributed by atoms with Crippen molar-refractivity contribution in [1.82, 2.24) is 9.80 Å². The summed E-state index contributed by atoms with van der Waals surface area (Å²) in [6, 6.07) is 7.68. The largest absolute Gasteiger partial charge is 0.336 e. The van der Waals surface area contributed by atoms with Crippen LogP contribution >= 0.6 is 0 Å². The second-order valence-corrected chi connectivity index (χ2v) is 9.17. The lowest BCUT2D eigenvalue weighted by Gasteiger charge is -2.38. The summed E-state index contributed by atoms with van der Waals surface area (Å²) in [5.74, 6) is 0.0635. The monoisotopic (exact) mass is 350 g/mol. The molecule has 3 rings (SSSR count). The first-order valence-corrected chi connectivity index (χ1v) is 10.8. The van der Waals surface area contributed by atoms with Crippen molar-refractivity contribution in [1.29, 1.82) is 0 Å². The lowest BCUT2D eigenvalue weighted by Crippen LogP contribution is -2.51. The number of benzene rings is 1. The Kier molecular flexibility index (Phi) is 5.25. The standard InChI is InChI=1S/C18H26N2O3S/c1-24(22,23)14-15-6-8-16(9-7-15)18(21)20-12-10-19(11-13-20)17-4-2-3-5-17/h6-9,17H,2-5,10-14H2,1H3. The highest BCUT2D eigenvalue weighted by atomic mass is 32.2. The SMILES string of the molecule is CS(=O)(=O)Cc1ccc(C(=O)N2CCN(C3CCCC3)CC2)cc1. The fraction of sp³-hybridized carbons (Fsp3) is 0.611. The average Bonchev–Trinajstić information content (AvgIpc) is 3.08. The van der Waals surface area contributed by atoms with Crippen LogP contribution in [-0.4, -0.2) is 62.6 Å². The summed E-state index contributed by atoms with van der Waals surface area (Å²) in [5.41, 5.74) is 1.36. The molecule has 0 unspecified atom stereocenters. The van der Waals surface area contributed by atoms with Crippen molar-refractivity contribution in [3.05, 3.63) is 35.4 Å². The predicted molar refractivity (Wildman–Crippen MR) is 94.7 cm³/mol. The first-order valence-electron chi connectivity index (χ1n) is 8.72. The normalized spacial score (nSPS) is 20.5. The molecule has 0 radical (unpaired) electrons. The zero-order valence-electron chi connectivity index (χ0n) is 14.3. The molecule has 24 heavy (non-hydrogen) atoms. The van der Waals surface area contributed by atoms with Crippen LogP contribution in [0, 0.1) is 0 Å². The molecule has 0 aromatic heterocycles. The minimum atomic E-state index is -3.05. The Morgan fingerprint density at radius 3 is 2.17 bits per heavy atom. The third kappa shape index (κ3) is 4.36. The van der Waals surface area contributed by atoms with E-state index in [-0.39, 0.29) is 11.7 Å². The molecule has 1 aromatic carbocycles. The lowest BCUT2D eigenvalue weighted by molar-refractivity contribution is 0.0573. The van der Waals surface area contributed by atoms with Gasteiger partial charge in [0.15, 0.2) is 9.84 Å². The van der Waals surface area contributed by atoms with E-state index < -0.39 is 9.84 Å². The molecular weight excluding hydrogens is 324 g/mol. The van der Waals surface area contributed by atoms with E-state index in [1.54, 1.807) is 24.3 Å². The molecule has 1 saturated heterocycles. The minimum Gasteiger partial charge on any atom is -0.336 e. The number of rotatable bonds is 4. The fourth-order valence-electron chi connectivity index (χ4n) is 3.79. The van der Waals surface area contributed by atoms with Crippen LogP contribution in [0.3, 0.4) is 0 Å². The van der Waals surface area contributed by atoms with Crippen molar-refractivity contribution in [2.45, 2.75) is 37.5 Å². The Labute approximate surface area is 144 Å². The van der Waals surface area contributed by atoms with Gasteiger partial charge < -0.3 is 4.90 Å². The number of hydrogen-bond donors (Lipinski definition) is 0. The van der Waals surface area contributed by atoms with Gasteiger partial charge in [-0.2, -0.15) is 0 Å². The number of piperazine rings is 1. The highest BCUT2D eigenvalue weighted by Gasteiger charge is 2.28. The maximum Gasteiger partial charge on any atom is 0.253 e. The summed E-state index contributed by atoms with van der Waals surface area (Å²) in [6.45, 7) is 3.48. The topological polar surface area (TPSA) is 57.7 Å². The summed E-state index contributed by atoms with van der Waals surface area (Å²) in [7, 11) is -3.05. The molecule has 132 valence electrons. The van der Waals surface area contributed by atoms with Crippen molar-refractivity contribution < 1.29 is 13.2 Å². The van der Waals surface area contributed by atoms with Crippen LogP contribution in [-0.2, 0) is 15.6 Å². The third-order valence-electron chi connectivity index (χ3n) is 5.07. The van der Waals surface area contributed by atoms with Crippen LogP contribution in [0.5, 0.6) is 0 Å². The van der Waals surface area contributed by atoms with E-state index in [2.05, 4.69) is 4.90 Å². The Morgan fingerprint density at radius 1 is 1.04 bits per heavy atom. The molecular formula is C18H26N2O3S. The Morgan fingerprint density at radius 2 is 1.62 bits per heavy atom. The second kappa shape index (κ2) is 7.23. The molecule has 2 fully saturated rings. The third-order valence-corrected chi connectivity index (χ3v) is 5.93. The van der Waals surface area contributed by atoms with Gasteiger partial charge >= 0.3 is 0 Å². The molecule has 2 aliphatic rings. The van der Waals surface area contributed by atoms with Crippen LogP contribution < -0.4 is 0 Å². The van der Waals surface area contributed by atoms with Gasteiger partial charge in [0, 0.05) is 44.0 Å². The van der Waals surface area contributed by atoms with E-state index in [9.17, 15) is 13.2 Å². The van der Waals surface area contributed by atoms with Gasteiger partial charge in [0.05, 0.1) is 5.75 Å². The highest BCUT2D eigenvalue weighted by Crippen LogP contribution is 2.24. The zero-order chi connectivity index (χ0) is 17.2. The van der Waals surface area contributed by atoms with Crippen molar-refractivity contribution in [3.8, 4) is 0 Å². The molecule has 0 atom stereocenters. The molecule has 0 bridgehead atoms. The molecule has 0 spiro atoms. The van der Waals surface area contributed by atoms with Crippen LogP contribution in [0.15, 0.2) is 24.3 Å². The van der Waals surface area contributed by atoms with Gasteiger partial charge in [-0.15, -0.1) is 0 Å². The van der Waals surface area contributed by atoms with Gasteiger partial charge in [0.25, 0.3) is 5.91 Å². The molecule has 1 amide bonds. The molecule has 5 nitrogen and oxygen atoms in total. The number of sulfone groups is 1. The van der Waals surface area contributed by atoms with Gasteiger partial charge in [0.1, 0.15) is 0 Å². The van der Waals surface area contributed by atoms with Gasteiger partial charge in [-0.05, 0) is 30.5 Å². The minimum absolute atomic E-state index is 0.0154. The lowest BCUT2D eigenvalue weighted by atomic mass is 10.1. The fourth-order valence-corrected chi connectivity index (χ4v) is 4.59. The van der Waals surface area contributed by atoms with Crippen LogP contribution in [0.25, 0.3) is 0 Å². The Balaban J connectivity index is 1.57. The Hall–Kier alpha value is -1.40. The summed E-state index contributed by atoms with van der Waals surface area (Å²) < 4.78 is 22.7.